The number of rotatable bonds is 2. The molecule has 4 rings (SSSR count). The number of para-hydroxylation sites is 1. The summed E-state index contributed by atoms with van der Waals surface area (Å²) in [5, 5.41) is 0.800. The zero-order valence-electron chi connectivity index (χ0n) is 13.5. The molecule has 1 saturated heterocycles. The molecule has 1 aliphatic heterocycles. The van der Waals surface area contributed by atoms with Crippen LogP contribution < -0.4 is 0 Å². The maximum atomic E-state index is 13.0. The fourth-order valence-electron chi connectivity index (χ4n) is 2.90. The summed E-state index contributed by atoms with van der Waals surface area (Å²) in [4.78, 5) is 26.2. The van der Waals surface area contributed by atoms with Gasteiger partial charge in [-0.1, -0.05) is 12.1 Å². The molecule has 1 aromatic carbocycles. The monoisotopic (exact) mass is 338 g/mol. The Kier molecular flexibility index (Phi) is 4.00. The largest absolute Gasteiger partial charge is 0.336 e. The molecule has 0 spiro atoms. The number of nitrogens with zero attached hydrogens (tertiary/aromatic N) is 4. The average Bonchev–Trinajstić information content (AvgIpc) is 3.06. The Morgan fingerprint density at radius 1 is 1.08 bits per heavy atom. The van der Waals surface area contributed by atoms with E-state index in [1.54, 1.807) is 17.5 Å². The summed E-state index contributed by atoms with van der Waals surface area (Å²) in [7, 11) is 2.08. The van der Waals surface area contributed by atoms with Crippen molar-refractivity contribution in [3.63, 3.8) is 0 Å². The molecule has 0 unspecified atom stereocenters. The summed E-state index contributed by atoms with van der Waals surface area (Å²) in [5.41, 5.74) is 2.27. The Balaban J connectivity index is 1.71. The van der Waals surface area contributed by atoms with Crippen molar-refractivity contribution in [2.45, 2.75) is 0 Å². The highest BCUT2D eigenvalue weighted by molar-refractivity contribution is 7.21. The number of aromatic nitrogens is 2. The zero-order chi connectivity index (χ0) is 16.5. The molecule has 0 bridgehead atoms. The summed E-state index contributed by atoms with van der Waals surface area (Å²) in [5.74, 6) is 0.0467. The van der Waals surface area contributed by atoms with Crippen LogP contribution in [0.1, 0.15) is 10.4 Å². The maximum absolute atomic E-state index is 13.0. The summed E-state index contributed by atoms with van der Waals surface area (Å²) in [6.45, 7) is 3.32. The van der Waals surface area contributed by atoms with Gasteiger partial charge in [-0.25, -0.2) is 4.98 Å². The number of amides is 1. The number of piperazine rings is 1. The van der Waals surface area contributed by atoms with Crippen molar-refractivity contribution in [2.24, 2.45) is 0 Å². The number of pyridine rings is 1. The van der Waals surface area contributed by atoms with Crippen LogP contribution in [0.2, 0.25) is 0 Å². The molecule has 1 fully saturated rings. The van der Waals surface area contributed by atoms with Gasteiger partial charge in [-0.2, -0.15) is 0 Å². The maximum Gasteiger partial charge on any atom is 0.256 e. The van der Waals surface area contributed by atoms with Crippen LogP contribution in [0, 0.1) is 0 Å². The van der Waals surface area contributed by atoms with E-state index in [1.807, 2.05) is 41.3 Å². The van der Waals surface area contributed by atoms with Gasteiger partial charge in [-0.3, -0.25) is 9.78 Å². The molecule has 5 nitrogen and oxygen atoms in total. The molecule has 0 N–H and O–H groups in total. The second-order valence-electron chi connectivity index (χ2n) is 5.98. The lowest BCUT2D eigenvalue weighted by Crippen LogP contribution is -2.47. The molecule has 6 heteroatoms. The zero-order valence-corrected chi connectivity index (χ0v) is 14.3. The van der Waals surface area contributed by atoms with Crippen LogP contribution >= 0.6 is 11.3 Å². The second-order valence-corrected chi connectivity index (χ2v) is 7.01. The van der Waals surface area contributed by atoms with Gasteiger partial charge >= 0.3 is 0 Å². The van der Waals surface area contributed by atoms with Crippen molar-refractivity contribution >= 4 is 27.5 Å². The standard InChI is InChI=1S/C18H18N4OS/c1-21-9-11-22(12-10-21)18(23)13-5-4-8-19-16(13)17-20-14-6-2-3-7-15(14)24-17/h2-8H,9-12H2,1H3. The lowest BCUT2D eigenvalue weighted by Gasteiger charge is -2.32. The van der Waals surface area contributed by atoms with Gasteiger partial charge in [0.2, 0.25) is 0 Å². The van der Waals surface area contributed by atoms with E-state index in [0.717, 1.165) is 41.4 Å². The number of fused-ring (bicyclic) bond motifs is 1. The van der Waals surface area contributed by atoms with Crippen molar-refractivity contribution < 1.29 is 4.79 Å². The predicted molar refractivity (Wildman–Crippen MR) is 96.3 cm³/mol. The number of hydrogen-bond donors (Lipinski definition) is 0. The second kappa shape index (κ2) is 6.30. The molecule has 1 amide bonds. The van der Waals surface area contributed by atoms with Gasteiger partial charge in [0.15, 0.2) is 0 Å². The van der Waals surface area contributed by atoms with E-state index in [0.29, 0.717) is 11.3 Å². The van der Waals surface area contributed by atoms with Crippen molar-refractivity contribution in [2.75, 3.05) is 33.2 Å². The summed E-state index contributed by atoms with van der Waals surface area (Å²) < 4.78 is 1.11. The molecule has 0 atom stereocenters. The molecule has 24 heavy (non-hydrogen) atoms. The predicted octanol–water partition coefficient (Wildman–Crippen LogP) is 2.75. The molecule has 0 radical (unpaired) electrons. The minimum Gasteiger partial charge on any atom is -0.336 e. The fourth-order valence-corrected chi connectivity index (χ4v) is 3.88. The number of thiazole rings is 1. The first-order valence-corrected chi connectivity index (χ1v) is 8.83. The van der Waals surface area contributed by atoms with Crippen molar-refractivity contribution in [3.8, 4) is 10.7 Å². The van der Waals surface area contributed by atoms with E-state index in [4.69, 9.17) is 0 Å². The Morgan fingerprint density at radius 2 is 1.88 bits per heavy atom. The summed E-state index contributed by atoms with van der Waals surface area (Å²) >= 11 is 1.58. The van der Waals surface area contributed by atoms with Crippen molar-refractivity contribution in [3.05, 3.63) is 48.2 Å². The fraction of sp³-hybridized carbons (Fsp3) is 0.278. The number of carbonyl (C=O) groups excluding carboxylic acids is 1. The quantitative estimate of drug-likeness (QED) is 0.721. The van der Waals surface area contributed by atoms with E-state index >= 15 is 0 Å². The Labute approximate surface area is 144 Å². The molecule has 0 saturated carbocycles. The van der Waals surface area contributed by atoms with Gasteiger partial charge < -0.3 is 9.80 Å². The van der Waals surface area contributed by atoms with E-state index in [9.17, 15) is 4.79 Å². The van der Waals surface area contributed by atoms with Crippen LogP contribution in [-0.4, -0.2) is 58.9 Å². The van der Waals surface area contributed by atoms with Gasteiger partial charge in [0.05, 0.1) is 15.8 Å². The Bertz CT molecular complexity index is 850. The number of benzene rings is 1. The van der Waals surface area contributed by atoms with Crippen LogP contribution in [0.4, 0.5) is 0 Å². The van der Waals surface area contributed by atoms with Crippen LogP contribution in [0.25, 0.3) is 20.9 Å². The number of hydrogen-bond acceptors (Lipinski definition) is 5. The minimum absolute atomic E-state index is 0.0467. The van der Waals surface area contributed by atoms with Crippen molar-refractivity contribution in [1.29, 1.82) is 0 Å². The van der Waals surface area contributed by atoms with Gasteiger partial charge in [-0.15, -0.1) is 11.3 Å². The van der Waals surface area contributed by atoms with Gasteiger partial charge in [0.25, 0.3) is 5.91 Å². The van der Waals surface area contributed by atoms with E-state index < -0.39 is 0 Å². The Hall–Kier alpha value is -2.31. The highest BCUT2D eigenvalue weighted by Gasteiger charge is 2.24. The third-order valence-corrected chi connectivity index (χ3v) is 5.37. The Morgan fingerprint density at radius 3 is 2.67 bits per heavy atom. The molecule has 2 aromatic heterocycles. The average molecular weight is 338 g/mol. The molecular formula is C18H18N4OS. The SMILES string of the molecule is CN1CCN(C(=O)c2cccnc2-c2nc3ccccc3s2)CC1. The minimum atomic E-state index is 0.0467. The van der Waals surface area contributed by atoms with Crippen LogP contribution in [-0.2, 0) is 0 Å². The first-order chi connectivity index (χ1) is 11.7. The molecule has 3 heterocycles. The number of likely N-dealkylation sites (N-methyl/N-ethyl adjacent to an activating group) is 1. The molecule has 1 aliphatic rings. The first-order valence-electron chi connectivity index (χ1n) is 8.01. The van der Waals surface area contributed by atoms with Crippen molar-refractivity contribution in [1.82, 2.24) is 19.8 Å². The highest BCUT2D eigenvalue weighted by Crippen LogP contribution is 2.31. The topological polar surface area (TPSA) is 49.3 Å². The van der Waals surface area contributed by atoms with E-state index in [2.05, 4.69) is 21.9 Å². The van der Waals surface area contributed by atoms with Gasteiger partial charge in [-0.05, 0) is 31.3 Å². The normalized spacial score (nSPS) is 15.8. The summed E-state index contributed by atoms with van der Waals surface area (Å²) in [6.07, 6.45) is 1.72. The lowest BCUT2D eigenvalue weighted by molar-refractivity contribution is 0.0664. The first kappa shape index (κ1) is 15.2. The van der Waals surface area contributed by atoms with Gasteiger partial charge in [0.1, 0.15) is 10.7 Å². The number of carbonyl (C=O) groups is 1. The highest BCUT2D eigenvalue weighted by atomic mass is 32.1. The van der Waals surface area contributed by atoms with Crippen LogP contribution in [0.3, 0.4) is 0 Å². The molecular weight excluding hydrogens is 320 g/mol. The third-order valence-electron chi connectivity index (χ3n) is 4.33. The van der Waals surface area contributed by atoms with Crippen LogP contribution in [0.5, 0.6) is 0 Å². The molecule has 3 aromatic rings. The molecule has 122 valence electrons. The smallest absolute Gasteiger partial charge is 0.256 e. The van der Waals surface area contributed by atoms with Crippen LogP contribution in [0.15, 0.2) is 42.6 Å². The van der Waals surface area contributed by atoms with Gasteiger partial charge in [0, 0.05) is 32.4 Å². The third kappa shape index (κ3) is 2.79. The van der Waals surface area contributed by atoms with E-state index in [1.165, 1.54) is 0 Å². The lowest BCUT2D eigenvalue weighted by atomic mass is 10.1. The molecule has 0 aliphatic carbocycles. The summed E-state index contributed by atoms with van der Waals surface area (Å²) in [6, 6.07) is 11.7. The van der Waals surface area contributed by atoms with E-state index in [-0.39, 0.29) is 5.91 Å².